The summed E-state index contributed by atoms with van der Waals surface area (Å²) < 4.78 is 9.96. The second kappa shape index (κ2) is 10.7. The number of hydrogen-bond acceptors (Lipinski definition) is 4. The lowest BCUT2D eigenvalue weighted by Gasteiger charge is -2.06. The summed E-state index contributed by atoms with van der Waals surface area (Å²) in [5.74, 6) is 1.39. The Morgan fingerprint density at radius 1 is 0.778 bits per heavy atom. The van der Waals surface area contributed by atoms with Crippen molar-refractivity contribution in [3.63, 3.8) is 0 Å². The standard InChI is InChI=1S/C29H24N4OS2/c1-21-13-15-23(16-14-21)30-27(22-9-5-3-6-10-22)31-28-32(24-17-19-26(34-2)20-18-24)29(35)33(36-28)25-11-7-4-8-12-25/h3-20H,1-2H3. The molecule has 5 rings (SSSR count). The molecule has 0 saturated heterocycles. The first kappa shape index (κ1) is 23.7. The number of methoxy groups -OCH3 is 1. The lowest BCUT2D eigenvalue weighted by Crippen LogP contribution is -2.16. The Morgan fingerprint density at radius 2 is 1.42 bits per heavy atom. The Morgan fingerprint density at radius 3 is 2.06 bits per heavy atom. The summed E-state index contributed by atoms with van der Waals surface area (Å²) in [6, 6.07) is 36.0. The summed E-state index contributed by atoms with van der Waals surface area (Å²) in [6.45, 7) is 2.06. The van der Waals surface area contributed by atoms with Crippen molar-refractivity contribution in [2.75, 3.05) is 7.11 Å². The van der Waals surface area contributed by atoms with Crippen molar-refractivity contribution < 1.29 is 4.74 Å². The number of ether oxygens (including phenoxy) is 1. The fraction of sp³-hybridized carbons (Fsp3) is 0.0690. The molecule has 36 heavy (non-hydrogen) atoms. The molecule has 5 aromatic rings. The quantitative estimate of drug-likeness (QED) is 0.145. The third-order valence-electron chi connectivity index (χ3n) is 5.55. The highest BCUT2D eigenvalue weighted by Crippen LogP contribution is 2.19. The molecule has 5 nitrogen and oxygen atoms in total. The van der Waals surface area contributed by atoms with E-state index in [1.165, 1.54) is 17.1 Å². The molecule has 1 aromatic heterocycles. The number of amidine groups is 1. The van der Waals surface area contributed by atoms with Crippen LogP contribution < -0.4 is 9.54 Å². The molecular formula is C29H24N4OS2. The van der Waals surface area contributed by atoms with Crippen molar-refractivity contribution in [2.24, 2.45) is 9.98 Å². The lowest BCUT2D eigenvalue weighted by atomic mass is 10.2. The van der Waals surface area contributed by atoms with Crippen LogP contribution in [-0.2, 0) is 0 Å². The fourth-order valence-electron chi connectivity index (χ4n) is 3.66. The normalized spacial score (nSPS) is 12.1. The van der Waals surface area contributed by atoms with Gasteiger partial charge in [-0.05, 0) is 79.2 Å². The van der Waals surface area contributed by atoms with Crippen molar-refractivity contribution in [1.82, 2.24) is 8.52 Å². The predicted octanol–water partition coefficient (Wildman–Crippen LogP) is 7.06. The zero-order valence-corrected chi connectivity index (χ0v) is 21.5. The van der Waals surface area contributed by atoms with Crippen LogP contribution in [0.5, 0.6) is 5.75 Å². The maximum absolute atomic E-state index is 5.96. The third-order valence-corrected chi connectivity index (χ3v) is 7.04. The predicted molar refractivity (Wildman–Crippen MR) is 150 cm³/mol. The molecule has 0 amide bonds. The second-order valence-corrected chi connectivity index (χ2v) is 9.35. The van der Waals surface area contributed by atoms with Crippen molar-refractivity contribution in [3.05, 3.63) is 130 Å². The molecule has 0 fully saturated rings. The van der Waals surface area contributed by atoms with Gasteiger partial charge >= 0.3 is 0 Å². The van der Waals surface area contributed by atoms with Gasteiger partial charge in [-0.15, -0.1) is 0 Å². The summed E-state index contributed by atoms with van der Waals surface area (Å²) in [5.41, 5.74) is 4.82. The Hall–Kier alpha value is -4.07. The largest absolute Gasteiger partial charge is 0.497 e. The van der Waals surface area contributed by atoms with Gasteiger partial charge in [-0.3, -0.25) is 4.57 Å². The van der Waals surface area contributed by atoms with E-state index in [0.29, 0.717) is 15.4 Å². The van der Waals surface area contributed by atoms with Gasteiger partial charge in [-0.25, -0.2) is 8.95 Å². The zero-order chi connectivity index (χ0) is 24.9. The van der Waals surface area contributed by atoms with E-state index in [2.05, 4.69) is 19.1 Å². The van der Waals surface area contributed by atoms with Crippen LogP contribution in [0.2, 0.25) is 0 Å². The highest BCUT2D eigenvalue weighted by molar-refractivity contribution is 7.71. The minimum atomic E-state index is 0.609. The minimum absolute atomic E-state index is 0.609. The Kier molecular flexibility index (Phi) is 7.02. The van der Waals surface area contributed by atoms with Crippen molar-refractivity contribution in [2.45, 2.75) is 6.92 Å². The van der Waals surface area contributed by atoms with E-state index in [9.17, 15) is 0 Å². The van der Waals surface area contributed by atoms with Gasteiger partial charge in [-0.1, -0.05) is 66.2 Å². The molecule has 0 bridgehead atoms. The molecular weight excluding hydrogens is 484 g/mol. The fourth-order valence-corrected chi connectivity index (χ4v) is 5.07. The monoisotopic (exact) mass is 508 g/mol. The first-order valence-electron chi connectivity index (χ1n) is 11.4. The molecule has 1 heterocycles. The molecule has 178 valence electrons. The van der Waals surface area contributed by atoms with Gasteiger partial charge in [0.2, 0.25) is 9.57 Å². The van der Waals surface area contributed by atoms with Crippen LogP contribution in [0.15, 0.2) is 119 Å². The van der Waals surface area contributed by atoms with Crippen LogP contribution in [0.1, 0.15) is 11.1 Å². The van der Waals surface area contributed by atoms with Crippen molar-refractivity contribution in [3.8, 4) is 17.1 Å². The minimum Gasteiger partial charge on any atom is -0.497 e. The SMILES string of the molecule is COc1ccc(-n2c(=NC(=Nc3ccc(C)cc3)c3ccccc3)sn(-c3ccccc3)c2=S)cc1. The average Bonchev–Trinajstić information content (AvgIpc) is 3.26. The van der Waals surface area contributed by atoms with Crippen LogP contribution >= 0.6 is 23.8 Å². The molecule has 0 N–H and O–H groups in total. The number of rotatable bonds is 5. The average molecular weight is 509 g/mol. The summed E-state index contributed by atoms with van der Waals surface area (Å²) in [6.07, 6.45) is 0. The first-order chi connectivity index (χ1) is 17.6. The number of aliphatic imine (C=N–C) groups is 1. The number of aromatic nitrogens is 2. The Balaban J connectivity index is 1.76. The van der Waals surface area contributed by atoms with E-state index in [1.807, 2.05) is 106 Å². The van der Waals surface area contributed by atoms with Gasteiger partial charge in [-0.2, -0.15) is 4.99 Å². The van der Waals surface area contributed by atoms with Gasteiger partial charge in [0.1, 0.15) is 5.75 Å². The molecule has 0 atom stereocenters. The number of hydrogen-bond donors (Lipinski definition) is 0. The van der Waals surface area contributed by atoms with Gasteiger partial charge in [0.15, 0.2) is 5.84 Å². The highest BCUT2D eigenvalue weighted by Gasteiger charge is 2.12. The summed E-state index contributed by atoms with van der Waals surface area (Å²) >= 11 is 7.43. The van der Waals surface area contributed by atoms with Gasteiger partial charge in [0.25, 0.3) is 0 Å². The summed E-state index contributed by atoms with van der Waals surface area (Å²) in [4.78, 5) is 10.7. The zero-order valence-electron chi connectivity index (χ0n) is 19.9. The first-order valence-corrected chi connectivity index (χ1v) is 12.6. The number of nitrogens with zero attached hydrogens (tertiary/aromatic N) is 4. The van der Waals surface area contributed by atoms with Crippen LogP contribution in [0.25, 0.3) is 11.4 Å². The maximum atomic E-state index is 5.96. The molecule has 0 aliphatic carbocycles. The number of benzene rings is 4. The molecule has 0 unspecified atom stereocenters. The van der Waals surface area contributed by atoms with E-state index in [0.717, 1.165) is 28.4 Å². The Bertz CT molecular complexity index is 1610. The van der Waals surface area contributed by atoms with Crippen LogP contribution in [0.3, 0.4) is 0 Å². The van der Waals surface area contributed by atoms with Crippen molar-refractivity contribution in [1.29, 1.82) is 0 Å². The molecule has 0 saturated carbocycles. The lowest BCUT2D eigenvalue weighted by molar-refractivity contribution is 0.414. The van der Waals surface area contributed by atoms with Crippen LogP contribution in [0.4, 0.5) is 5.69 Å². The van der Waals surface area contributed by atoms with E-state index >= 15 is 0 Å². The number of para-hydroxylation sites is 1. The highest BCUT2D eigenvalue weighted by atomic mass is 32.1. The smallest absolute Gasteiger partial charge is 0.215 e. The van der Waals surface area contributed by atoms with Crippen LogP contribution in [-0.4, -0.2) is 21.5 Å². The molecule has 0 aliphatic heterocycles. The van der Waals surface area contributed by atoms with E-state index in [1.54, 1.807) is 7.11 Å². The third kappa shape index (κ3) is 5.12. The van der Waals surface area contributed by atoms with E-state index in [-0.39, 0.29) is 0 Å². The van der Waals surface area contributed by atoms with Crippen LogP contribution in [0, 0.1) is 11.7 Å². The second-order valence-electron chi connectivity index (χ2n) is 8.07. The van der Waals surface area contributed by atoms with Crippen molar-refractivity contribution >= 4 is 35.3 Å². The van der Waals surface area contributed by atoms with Gasteiger partial charge in [0.05, 0.1) is 24.2 Å². The summed E-state index contributed by atoms with van der Waals surface area (Å²) in [5, 5.41) is 0. The van der Waals surface area contributed by atoms with E-state index < -0.39 is 0 Å². The van der Waals surface area contributed by atoms with Gasteiger partial charge in [0, 0.05) is 5.56 Å². The number of aryl methyl sites for hydroxylation is 1. The molecule has 0 radical (unpaired) electrons. The maximum Gasteiger partial charge on any atom is 0.215 e. The molecule has 4 aromatic carbocycles. The molecule has 0 spiro atoms. The Labute approximate surface area is 219 Å². The van der Waals surface area contributed by atoms with E-state index in [4.69, 9.17) is 26.9 Å². The molecule has 7 heteroatoms. The summed E-state index contributed by atoms with van der Waals surface area (Å²) in [7, 11) is 1.66. The topological polar surface area (TPSA) is 43.8 Å². The molecule has 0 aliphatic rings. The van der Waals surface area contributed by atoms with Gasteiger partial charge < -0.3 is 4.74 Å².